The van der Waals surface area contributed by atoms with Gasteiger partial charge in [0.1, 0.15) is 0 Å². The van der Waals surface area contributed by atoms with E-state index in [1.165, 1.54) is 0 Å². The smallest absolute Gasteiger partial charge is 0.252 e. The number of amides is 1. The number of hydrogen-bond donors (Lipinski definition) is 1. The van der Waals surface area contributed by atoms with E-state index in [0.717, 1.165) is 22.0 Å². The van der Waals surface area contributed by atoms with E-state index >= 15 is 0 Å². The van der Waals surface area contributed by atoms with Crippen molar-refractivity contribution in [1.82, 2.24) is 5.32 Å². The molecule has 0 saturated heterocycles. The van der Waals surface area contributed by atoms with Crippen molar-refractivity contribution >= 4 is 44.4 Å². The summed E-state index contributed by atoms with van der Waals surface area (Å²) in [5, 5.41) is 2.93. The van der Waals surface area contributed by atoms with Crippen LogP contribution in [0.1, 0.15) is 30.1 Å². The average molecular weight is 396 g/mol. The maximum absolute atomic E-state index is 11.8. The van der Waals surface area contributed by atoms with E-state index in [2.05, 4.69) is 50.8 Å². The molecule has 0 fully saturated rings. The van der Waals surface area contributed by atoms with Crippen molar-refractivity contribution in [2.75, 3.05) is 6.54 Å². The first kappa shape index (κ1) is 14.0. The van der Waals surface area contributed by atoms with E-state index in [4.69, 9.17) is 0 Å². The Balaban J connectivity index is 2.50. The second-order valence-corrected chi connectivity index (χ2v) is 6.03. The summed E-state index contributed by atoms with van der Waals surface area (Å²) in [5.41, 5.74) is 0.749. The summed E-state index contributed by atoms with van der Waals surface area (Å²) >= 11 is 5.72. The zero-order chi connectivity index (χ0) is 12.0. The molecule has 2 nitrogen and oxygen atoms in total. The lowest BCUT2D eigenvalue weighted by atomic mass is 10.2. The molecule has 1 aromatic carbocycles. The largest absolute Gasteiger partial charge is 0.351 e. The zero-order valence-corrected chi connectivity index (χ0v) is 12.9. The van der Waals surface area contributed by atoms with Gasteiger partial charge in [-0.3, -0.25) is 4.79 Å². The van der Waals surface area contributed by atoms with Gasteiger partial charge < -0.3 is 5.32 Å². The van der Waals surface area contributed by atoms with Crippen LogP contribution in [0.4, 0.5) is 0 Å². The molecule has 0 saturated carbocycles. The van der Waals surface area contributed by atoms with Crippen LogP contribution in [0, 0.1) is 3.57 Å². The molecule has 88 valence electrons. The van der Waals surface area contributed by atoms with Crippen molar-refractivity contribution in [3.05, 3.63) is 33.4 Å². The van der Waals surface area contributed by atoms with Gasteiger partial charge in [0, 0.05) is 14.9 Å². The molecule has 0 aliphatic rings. The molecule has 0 spiro atoms. The van der Waals surface area contributed by atoms with E-state index in [-0.39, 0.29) is 5.91 Å². The number of carbonyl (C=O) groups is 1. The minimum Gasteiger partial charge on any atom is -0.351 e. The van der Waals surface area contributed by atoms with Crippen molar-refractivity contribution in [2.24, 2.45) is 0 Å². The Morgan fingerprint density at radius 2 is 2.19 bits per heavy atom. The summed E-state index contributed by atoms with van der Waals surface area (Å²) in [6, 6.07) is 7.60. The molecule has 1 atom stereocenters. The highest BCUT2D eigenvalue weighted by Crippen LogP contribution is 2.12. The Hall–Kier alpha value is -0.100. The maximum atomic E-state index is 11.8. The lowest BCUT2D eigenvalue weighted by molar-refractivity contribution is 0.0953. The van der Waals surface area contributed by atoms with Crippen LogP contribution in [-0.2, 0) is 0 Å². The summed E-state index contributed by atoms with van der Waals surface area (Å²) in [6.45, 7) is 2.81. The highest BCUT2D eigenvalue weighted by atomic mass is 127. The topological polar surface area (TPSA) is 29.1 Å². The summed E-state index contributed by atoms with van der Waals surface area (Å²) < 4.78 is 0.985. The average Bonchev–Trinajstić information content (AvgIpc) is 2.27. The number of rotatable bonds is 5. The summed E-state index contributed by atoms with van der Waals surface area (Å²) in [4.78, 5) is 12.2. The third kappa shape index (κ3) is 4.41. The van der Waals surface area contributed by atoms with Crippen LogP contribution in [0.2, 0.25) is 0 Å². The summed E-state index contributed by atoms with van der Waals surface area (Å²) in [5.74, 6) is 0.00514. The minimum absolute atomic E-state index is 0.00514. The molecule has 1 rings (SSSR count). The fourth-order valence-corrected chi connectivity index (χ4v) is 2.61. The van der Waals surface area contributed by atoms with Crippen LogP contribution >= 0.6 is 38.5 Å². The monoisotopic (exact) mass is 395 g/mol. The number of halogens is 2. The van der Waals surface area contributed by atoms with Gasteiger partial charge in [-0.2, -0.15) is 0 Å². The fourth-order valence-electron chi connectivity index (χ4n) is 1.36. The predicted molar refractivity (Wildman–Crippen MR) is 79.1 cm³/mol. The Labute approximate surface area is 118 Å². The highest BCUT2D eigenvalue weighted by molar-refractivity contribution is 14.1. The standard InChI is InChI=1S/C12H15BrINO/c1-2-5-9(13)8-15-12(16)10-6-3-4-7-11(10)14/h3-4,6-7,9H,2,5,8H2,1H3,(H,15,16). The first-order valence-electron chi connectivity index (χ1n) is 5.32. The molecule has 1 unspecified atom stereocenters. The molecule has 0 aliphatic carbocycles. The quantitative estimate of drug-likeness (QED) is 0.599. The molecule has 1 N–H and O–H groups in total. The zero-order valence-electron chi connectivity index (χ0n) is 9.17. The SMILES string of the molecule is CCCC(Br)CNC(=O)c1ccccc1I. The van der Waals surface area contributed by atoms with Gasteiger partial charge in [0.15, 0.2) is 0 Å². The molecule has 1 aromatic rings. The third-order valence-electron chi connectivity index (χ3n) is 2.20. The van der Waals surface area contributed by atoms with Gasteiger partial charge in [0.05, 0.1) is 5.56 Å². The van der Waals surface area contributed by atoms with Gasteiger partial charge in [-0.15, -0.1) is 0 Å². The lowest BCUT2D eigenvalue weighted by Gasteiger charge is -2.10. The van der Waals surface area contributed by atoms with Crippen LogP contribution < -0.4 is 5.32 Å². The Bertz CT molecular complexity index is 357. The molecule has 0 aromatic heterocycles. The van der Waals surface area contributed by atoms with Crippen LogP contribution in [0.3, 0.4) is 0 Å². The molecule has 1 amide bonds. The number of alkyl halides is 1. The highest BCUT2D eigenvalue weighted by Gasteiger charge is 2.10. The molecule has 0 heterocycles. The van der Waals surface area contributed by atoms with Crippen molar-refractivity contribution in [1.29, 1.82) is 0 Å². The first-order chi connectivity index (χ1) is 7.65. The van der Waals surface area contributed by atoms with Crippen LogP contribution in [0.25, 0.3) is 0 Å². The maximum Gasteiger partial charge on any atom is 0.252 e. The van der Waals surface area contributed by atoms with Crippen molar-refractivity contribution in [3.63, 3.8) is 0 Å². The van der Waals surface area contributed by atoms with E-state index in [1.54, 1.807) is 0 Å². The van der Waals surface area contributed by atoms with Gasteiger partial charge in [-0.05, 0) is 41.1 Å². The summed E-state index contributed by atoms with van der Waals surface area (Å²) in [6.07, 6.45) is 2.20. The van der Waals surface area contributed by atoms with Crippen LogP contribution in [0.5, 0.6) is 0 Å². The van der Waals surface area contributed by atoms with Crippen molar-refractivity contribution < 1.29 is 4.79 Å². The number of carbonyl (C=O) groups excluding carboxylic acids is 1. The molecule has 0 radical (unpaired) electrons. The predicted octanol–water partition coefficient (Wildman–Crippen LogP) is 3.58. The Morgan fingerprint density at radius 1 is 1.50 bits per heavy atom. The van der Waals surface area contributed by atoms with Gasteiger partial charge in [-0.25, -0.2) is 0 Å². The van der Waals surface area contributed by atoms with Crippen LogP contribution in [0.15, 0.2) is 24.3 Å². The number of nitrogens with one attached hydrogen (secondary N) is 1. The third-order valence-corrected chi connectivity index (χ3v) is 3.93. The van der Waals surface area contributed by atoms with Gasteiger partial charge in [0.2, 0.25) is 0 Å². The molecular weight excluding hydrogens is 381 g/mol. The van der Waals surface area contributed by atoms with E-state index in [0.29, 0.717) is 11.4 Å². The number of benzene rings is 1. The van der Waals surface area contributed by atoms with E-state index in [9.17, 15) is 4.79 Å². The molecule has 4 heteroatoms. The van der Waals surface area contributed by atoms with Gasteiger partial charge in [-0.1, -0.05) is 41.4 Å². The fraction of sp³-hybridized carbons (Fsp3) is 0.417. The first-order valence-corrected chi connectivity index (χ1v) is 7.31. The van der Waals surface area contributed by atoms with E-state index in [1.807, 2.05) is 24.3 Å². The summed E-state index contributed by atoms with van der Waals surface area (Å²) in [7, 11) is 0. The minimum atomic E-state index is 0.00514. The van der Waals surface area contributed by atoms with Gasteiger partial charge >= 0.3 is 0 Å². The molecular formula is C12H15BrINO. The molecule has 0 aliphatic heterocycles. The second kappa shape index (κ2) is 7.27. The van der Waals surface area contributed by atoms with E-state index < -0.39 is 0 Å². The lowest BCUT2D eigenvalue weighted by Crippen LogP contribution is -2.30. The molecule has 0 bridgehead atoms. The Morgan fingerprint density at radius 3 is 2.81 bits per heavy atom. The molecule has 16 heavy (non-hydrogen) atoms. The Kier molecular flexibility index (Phi) is 6.34. The number of hydrogen-bond acceptors (Lipinski definition) is 1. The van der Waals surface area contributed by atoms with Crippen LogP contribution in [-0.4, -0.2) is 17.3 Å². The van der Waals surface area contributed by atoms with Crippen molar-refractivity contribution in [2.45, 2.75) is 24.6 Å². The normalized spacial score (nSPS) is 12.2. The van der Waals surface area contributed by atoms with Gasteiger partial charge in [0.25, 0.3) is 5.91 Å². The second-order valence-electron chi connectivity index (χ2n) is 3.58. The van der Waals surface area contributed by atoms with Crippen molar-refractivity contribution in [3.8, 4) is 0 Å².